The van der Waals surface area contributed by atoms with Crippen molar-refractivity contribution < 1.29 is 4.79 Å². The van der Waals surface area contributed by atoms with Gasteiger partial charge in [0.2, 0.25) is 5.91 Å². The Kier molecular flexibility index (Phi) is 4.59. The van der Waals surface area contributed by atoms with E-state index < -0.39 is 0 Å². The first kappa shape index (κ1) is 10.2. The van der Waals surface area contributed by atoms with Crippen LogP contribution in [0.25, 0.3) is 0 Å². The number of rotatable bonds is 4. The van der Waals surface area contributed by atoms with Gasteiger partial charge in [0.15, 0.2) is 0 Å². The van der Waals surface area contributed by atoms with E-state index in [-0.39, 0.29) is 5.91 Å². The van der Waals surface area contributed by atoms with Gasteiger partial charge >= 0.3 is 0 Å². The van der Waals surface area contributed by atoms with Gasteiger partial charge in [0.05, 0.1) is 0 Å². The number of amides is 1. The highest BCUT2D eigenvalue weighted by Gasteiger charge is 2.09. The molecule has 0 N–H and O–H groups in total. The molecule has 0 aromatic heterocycles. The van der Waals surface area contributed by atoms with Crippen LogP contribution >= 0.6 is 0 Å². The quantitative estimate of drug-likeness (QED) is 0.567. The zero-order valence-corrected chi connectivity index (χ0v) is 7.68. The van der Waals surface area contributed by atoms with Crippen LogP contribution < -0.4 is 0 Å². The number of carbonyl (C=O) groups is 1. The minimum absolute atomic E-state index is 0.0781. The van der Waals surface area contributed by atoms with Crippen molar-refractivity contribution in [3.8, 4) is 0 Å². The molecule has 0 aromatic carbocycles. The Morgan fingerprint density at radius 3 is 2.27 bits per heavy atom. The van der Waals surface area contributed by atoms with Crippen molar-refractivity contribution in [1.82, 2.24) is 4.90 Å². The van der Waals surface area contributed by atoms with Crippen LogP contribution in [0.3, 0.4) is 0 Å². The molecule has 0 aliphatic heterocycles. The Labute approximate surface area is 68.9 Å². The van der Waals surface area contributed by atoms with E-state index in [1.165, 1.54) is 0 Å². The lowest BCUT2D eigenvalue weighted by atomic mass is 10.3. The lowest BCUT2D eigenvalue weighted by Gasteiger charge is -2.19. The first-order chi connectivity index (χ1) is 5.13. The lowest BCUT2D eigenvalue weighted by molar-refractivity contribution is -0.126. The molecule has 0 heterocycles. The summed E-state index contributed by atoms with van der Waals surface area (Å²) in [6.07, 6.45) is 1.01. The summed E-state index contributed by atoms with van der Waals surface area (Å²) < 4.78 is 0. The molecule has 0 spiro atoms. The van der Waals surface area contributed by atoms with E-state index in [0.29, 0.717) is 5.57 Å². The summed E-state index contributed by atoms with van der Waals surface area (Å²) in [6, 6.07) is 0. The van der Waals surface area contributed by atoms with Gasteiger partial charge in [-0.2, -0.15) is 0 Å². The minimum Gasteiger partial charge on any atom is -0.339 e. The molecule has 0 bridgehead atoms. The van der Waals surface area contributed by atoms with Gasteiger partial charge in [-0.05, 0) is 20.3 Å². The molecule has 2 nitrogen and oxygen atoms in total. The summed E-state index contributed by atoms with van der Waals surface area (Å²) in [5.74, 6) is 0.0781. The predicted molar refractivity (Wildman–Crippen MR) is 47.4 cm³/mol. The Bertz CT molecular complexity index is 152. The molecule has 0 aliphatic carbocycles. The van der Waals surface area contributed by atoms with Gasteiger partial charge in [0.25, 0.3) is 0 Å². The van der Waals surface area contributed by atoms with Gasteiger partial charge < -0.3 is 4.90 Å². The summed E-state index contributed by atoms with van der Waals surface area (Å²) in [5, 5.41) is 0. The summed E-state index contributed by atoms with van der Waals surface area (Å²) in [5.41, 5.74) is 0.625. The second kappa shape index (κ2) is 4.94. The van der Waals surface area contributed by atoms with E-state index >= 15 is 0 Å². The fourth-order valence-corrected chi connectivity index (χ4v) is 0.943. The molecule has 2 heteroatoms. The maximum Gasteiger partial charge on any atom is 0.248 e. The van der Waals surface area contributed by atoms with Crippen LogP contribution in [-0.4, -0.2) is 23.9 Å². The van der Waals surface area contributed by atoms with E-state index in [1.807, 2.05) is 11.8 Å². The van der Waals surface area contributed by atoms with Gasteiger partial charge in [-0.3, -0.25) is 4.79 Å². The van der Waals surface area contributed by atoms with Crippen molar-refractivity contribution in [3.63, 3.8) is 0 Å². The first-order valence-corrected chi connectivity index (χ1v) is 4.08. The van der Waals surface area contributed by atoms with Crippen LogP contribution in [0, 0.1) is 0 Å². The van der Waals surface area contributed by atoms with Crippen molar-refractivity contribution in [2.75, 3.05) is 13.1 Å². The molecule has 0 atom stereocenters. The zero-order chi connectivity index (χ0) is 8.85. The van der Waals surface area contributed by atoms with Crippen molar-refractivity contribution in [2.24, 2.45) is 0 Å². The predicted octanol–water partition coefficient (Wildman–Crippen LogP) is 1.82. The highest BCUT2D eigenvalue weighted by molar-refractivity contribution is 5.92. The second-order valence-corrected chi connectivity index (χ2v) is 2.67. The molecule has 0 saturated heterocycles. The molecule has 0 fully saturated rings. The van der Waals surface area contributed by atoms with E-state index in [1.54, 1.807) is 6.92 Å². The number of hydrogen-bond donors (Lipinski definition) is 0. The summed E-state index contributed by atoms with van der Waals surface area (Å²) in [6.45, 7) is 11.0. The highest BCUT2D eigenvalue weighted by Crippen LogP contribution is 1.98. The number of carbonyl (C=O) groups excluding carboxylic acids is 1. The van der Waals surface area contributed by atoms with Gasteiger partial charge in [0.1, 0.15) is 0 Å². The van der Waals surface area contributed by atoms with Crippen LogP contribution in [-0.2, 0) is 4.79 Å². The lowest BCUT2D eigenvalue weighted by Crippen LogP contribution is -2.31. The van der Waals surface area contributed by atoms with Gasteiger partial charge in [-0.25, -0.2) is 0 Å². The molecule has 1 amide bonds. The van der Waals surface area contributed by atoms with Crippen molar-refractivity contribution in [2.45, 2.75) is 27.2 Å². The average molecular weight is 155 g/mol. The maximum absolute atomic E-state index is 11.3. The first-order valence-electron chi connectivity index (χ1n) is 4.08. The van der Waals surface area contributed by atoms with Gasteiger partial charge in [-0.1, -0.05) is 13.5 Å². The number of nitrogens with zero attached hydrogens (tertiary/aromatic N) is 1. The summed E-state index contributed by atoms with van der Waals surface area (Å²) in [7, 11) is 0. The van der Waals surface area contributed by atoms with Gasteiger partial charge in [0, 0.05) is 18.7 Å². The van der Waals surface area contributed by atoms with Crippen LogP contribution in [0.5, 0.6) is 0 Å². The SMILES string of the molecule is C=C(C)C(=O)N(CC)CCC. The highest BCUT2D eigenvalue weighted by atomic mass is 16.2. The van der Waals surface area contributed by atoms with Crippen LogP contribution in [0.15, 0.2) is 12.2 Å². The average Bonchev–Trinajstić information content (AvgIpc) is 1.98. The Morgan fingerprint density at radius 1 is 1.45 bits per heavy atom. The number of hydrogen-bond acceptors (Lipinski definition) is 1. The molecular formula is C9H17NO. The molecule has 0 saturated carbocycles. The largest absolute Gasteiger partial charge is 0.339 e. The molecular weight excluding hydrogens is 138 g/mol. The monoisotopic (exact) mass is 155 g/mol. The summed E-state index contributed by atoms with van der Waals surface area (Å²) in [4.78, 5) is 13.1. The van der Waals surface area contributed by atoms with E-state index in [9.17, 15) is 4.79 Å². The van der Waals surface area contributed by atoms with Crippen molar-refractivity contribution in [1.29, 1.82) is 0 Å². The molecule has 0 unspecified atom stereocenters. The molecule has 0 aromatic rings. The Hall–Kier alpha value is -0.790. The van der Waals surface area contributed by atoms with Crippen molar-refractivity contribution in [3.05, 3.63) is 12.2 Å². The molecule has 11 heavy (non-hydrogen) atoms. The Morgan fingerprint density at radius 2 is 2.00 bits per heavy atom. The van der Waals surface area contributed by atoms with E-state index in [4.69, 9.17) is 0 Å². The Balaban J connectivity index is 4.02. The van der Waals surface area contributed by atoms with Crippen LogP contribution in [0.2, 0.25) is 0 Å². The van der Waals surface area contributed by atoms with Crippen molar-refractivity contribution >= 4 is 5.91 Å². The number of likely N-dealkylation sites (N-methyl/N-ethyl adjacent to an activating group) is 1. The smallest absolute Gasteiger partial charge is 0.248 e. The minimum atomic E-state index is 0.0781. The van der Waals surface area contributed by atoms with E-state index in [0.717, 1.165) is 19.5 Å². The standard InChI is InChI=1S/C9H17NO/c1-5-7-10(6-2)9(11)8(3)4/h3,5-7H2,1-2,4H3. The summed E-state index contributed by atoms with van der Waals surface area (Å²) >= 11 is 0. The second-order valence-electron chi connectivity index (χ2n) is 2.67. The fourth-order valence-electron chi connectivity index (χ4n) is 0.943. The van der Waals surface area contributed by atoms with E-state index in [2.05, 4.69) is 13.5 Å². The van der Waals surface area contributed by atoms with Crippen LogP contribution in [0.1, 0.15) is 27.2 Å². The third kappa shape index (κ3) is 3.21. The topological polar surface area (TPSA) is 20.3 Å². The molecule has 0 aliphatic rings. The normalized spacial score (nSPS) is 9.36. The fraction of sp³-hybridized carbons (Fsp3) is 0.667. The molecule has 64 valence electrons. The maximum atomic E-state index is 11.3. The third-order valence-corrected chi connectivity index (χ3v) is 1.53. The zero-order valence-electron chi connectivity index (χ0n) is 7.68. The molecule has 0 rings (SSSR count). The van der Waals surface area contributed by atoms with Gasteiger partial charge in [-0.15, -0.1) is 0 Å². The van der Waals surface area contributed by atoms with Crippen LogP contribution in [0.4, 0.5) is 0 Å². The molecule has 0 radical (unpaired) electrons. The third-order valence-electron chi connectivity index (χ3n) is 1.53.